The minimum absolute atomic E-state index is 0.0301. The van der Waals surface area contributed by atoms with E-state index in [1.807, 2.05) is 0 Å². The summed E-state index contributed by atoms with van der Waals surface area (Å²) in [5, 5.41) is 0. The van der Waals surface area contributed by atoms with Crippen molar-refractivity contribution < 1.29 is 23.9 Å². The van der Waals surface area contributed by atoms with Crippen LogP contribution in [0.4, 0.5) is 0 Å². The lowest BCUT2D eigenvalue weighted by molar-refractivity contribution is -0.147. The maximum Gasteiger partial charge on any atom is 0.308 e. The number of hydrogen-bond acceptors (Lipinski definition) is 6. The number of esters is 1. The largest absolute Gasteiger partial charge is 0.474 e. The van der Waals surface area contributed by atoms with Crippen LogP contribution in [0.3, 0.4) is 0 Å². The van der Waals surface area contributed by atoms with Crippen molar-refractivity contribution in [3.05, 3.63) is 23.4 Å². The molecular weight excluding hydrogens is 310 g/mol. The number of ether oxygens (including phenoxy) is 2. The molecule has 0 spiro atoms. The molecule has 0 saturated heterocycles. The van der Waals surface area contributed by atoms with Gasteiger partial charge >= 0.3 is 5.97 Å². The quantitative estimate of drug-likeness (QED) is 0.586. The normalized spacial score (nSPS) is 20.3. The lowest BCUT2D eigenvalue weighted by Crippen LogP contribution is -2.28. The molecule has 6 nitrogen and oxygen atoms in total. The van der Waals surface area contributed by atoms with E-state index in [9.17, 15) is 14.4 Å². The smallest absolute Gasteiger partial charge is 0.308 e. The molecule has 0 radical (unpaired) electrons. The number of methoxy groups -OCH3 is 1. The molecule has 1 aliphatic rings. The fourth-order valence-electron chi connectivity index (χ4n) is 2.87. The van der Waals surface area contributed by atoms with Gasteiger partial charge in [-0.25, -0.2) is 4.98 Å². The Bertz CT molecular complexity index is 632. The predicted octanol–water partition coefficient (Wildman–Crippen LogP) is 2.20. The van der Waals surface area contributed by atoms with Crippen molar-refractivity contribution in [1.29, 1.82) is 0 Å². The topological polar surface area (TPSA) is 82.6 Å². The zero-order valence-corrected chi connectivity index (χ0v) is 14.3. The van der Waals surface area contributed by atoms with Crippen LogP contribution < -0.4 is 4.74 Å². The minimum atomic E-state index is -0.447. The van der Waals surface area contributed by atoms with Gasteiger partial charge in [0.05, 0.1) is 13.0 Å². The minimum Gasteiger partial charge on any atom is -0.474 e. The number of rotatable bonds is 6. The second kappa shape index (κ2) is 8.04. The van der Waals surface area contributed by atoms with Crippen LogP contribution in [-0.4, -0.2) is 35.7 Å². The van der Waals surface area contributed by atoms with Gasteiger partial charge in [-0.2, -0.15) is 0 Å². The van der Waals surface area contributed by atoms with E-state index in [1.54, 1.807) is 19.1 Å². The van der Waals surface area contributed by atoms with Gasteiger partial charge in [0, 0.05) is 25.1 Å². The molecule has 1 fully saturated rings. The number of pyridine rings is 1. The zero-order chi connectivity index (χ0) is 17.7. The lowest BCUT2D eigenvalue weighted by atomic mass is 9.87. The molecule has 0 bridgehead atoms. The summed E-state index contributed by atoms with van der Waals surface area (Å²) in [5.41, 5.74) is 1.42. The molecule has 0 amide bonds. The highest BCUT2D eigenvalue weighted by atomic mass is 16.5. The Morgan fingerprint density at radius 2 is 1.83 bits per heavy atom. The molecule has 2 rings (SSSR count). The summed E-state index contributed by atoms with van der Waals surface area (Å²) in [7, 11) is 1.41. The Hall–Kier alpha value is -2.24. The van der Waals surface area contributed by atoms with Crippen LogP contribution in [-0.2, 0) is 25.5 Å². The van der Waals surface area contributed by atoms with Crippen molar-refractivity contribution in [1.82, 2.24) is 4.98 Å². The van der Waals surface area contributed by atoms with Gasteiger partial charge in [0.2, 0.25) is 11.7 Å². The van der Waals surface area contributed by atoms with E-state index >= 15 is 0 Å². The van der Waals surface area contributed by atoms with Crippen LogP contribution >= 0.6 is 0 Å². The fourth-order valence-corrected chi connectivity index (χ4v) is 2.87. The highest BCUT2D eigenvalue weighted by Crippen LogP contribution is 2.28. The molecule has 0 aromatic carbocycles. The highest BCUT2D eigenvalue weighted by Gasteiger charge is 2.28. The molecule has 0 unspecified atom stereocenters. The molecule has 0 atom stereocenters. The van der Waals surface area contributed by atoms with E-state index in [0.29, 0.717) is 11.6 Å². The zero-order valence-electron chi connectivity index (χ0n) is 14.3. The standard InChI is InChI=1S/C18H23NO5/c1-11-14(10-16(21)12(2)20)6-9-17(19-11)24-15-7-4-13(5-8-15)18(22)23-3/h6,9,13,15H,4-5,7-8,10H2,1-3H3. The molecule has 0 N–H and O–H groups in total. The number of hydrogen-bond donors (Lipinski definition) is 0. The third-order valence-electron chi connectivity index (χ3n) is 4.41. The first kappa shape index (κ1) is 18.1. The second-order valence-corrected chi connectivity index (χ2v) is 6.16. The Morgan fingerprint density at radius 1 is 1.17 bits per heavy atom. The third kappa shape index (κ3) is 4.63. The van der Waals surface area contributed by atoms with E-state index in [-0.39, 0.29) is 24.4 Å². The summed E-state index contributed by atoms with van der Waals surface area (Å²) < 4.78 is 10.7. The van der Waals surface area contributed by atoms with Crippen LogP contribution in [0.15, 0.2) is 12.1 Å². The van der Waals surface area contributed by atoms with Crippen molar-refractivity contribution in [2.24, 2.45) is 5.92 Å². The van der Waals surface area contributed by atoms with E-state index in [4.69, 9.17) is 9.47 Å². The molecule has 24 heavy (non-hydrogen) atoms. The first-order valence-electron chi connectivity index (χ1n) is 8.15. The molecule has 1 aromatic heterocycles. The average Bonchev–Trinajstić information content (AvgIpc) is 2.57. The number of ketones is 2. The van der Waals surface area contributed by atoms with Crippen LogP contribution in [0.2, 0.25) is 0 Å². The van der Waals surface area contributed by atoms with Gasteiger partial charge in [0.15, 0.2) is 5.78 Å². The monoisotopic (exact) mass is 333 g/mol. The molecule has 130 valence electrons. The summed E-state index contributed by atoms with van der Waals surface area (Å²) in [6, 6.07) is 3.50. The van der Waals surface area contributed by atoms with E-state index < -0.39 is 11.6 Å². The maximum absolute atomic E-state index is 11.5. The molecule has 1 saturated carbocycles. The number of Topliss-reactive ketones (excluding diaryl/α,β-unsaturated/α-hetero) is 2. The van der Waals surface area contributed by atoms with Crippen LogP contribution in [0.1, 0.15) is 43.9 Å². The van der Waals surface area contributed by atoms with Gasteiger partial charge in [0.1, 0.15) is 6.10 Å². The van der Waals surface area contributed by atoms with Crippen LogP contribution in [0, 0.1) is 12.8 Å². The number of carbonyl (C=O) groups is 3. The Kier molecular flexibility index (Phi) is 6.06. The van der Waals surface area contributed by atoms with Crippen molar-refractivity contribution in [3.8, 4) is 5.88 Å². The van der Waals surface area contributed by atoms with Crippen molar-refractivity contribution in [3.63, 3.8) is 0 Å². The summed E-state index contributed by atoms with van der Waals surface area (Å²) in [5.74, 6) is -0.550. The first-order valence-corrected chi connectivity index (χ1v) is 8.15. The SMILES string of the molecule is COC(=O)C1CCC(Oc2ccc(CC(=O)C(C)=O)c(C)n2)CC1. The highest BCUT2D eigenvalue weighted by molar-refractivity contribution is 6.36. The number of carbonyl (C=O) groups excluding carboxylic acids is 3. The Morgan fingerprint density at radius 3 is 2.38 bits per heavy atom. The first-order chi connectivity index (χ1) is 11.4. The van der Waals surface area contributed by atoms with Gasteiger partial charge in [-0.15, -0.1) is 0 Å². The van der Waals surface area contributed by atoms with E-state index in [0.717, 1.165) is 31.2 Å². The summed E-state index contributed by atoms with van der Waals surface area (Å²) in [4.78, 5) is 38.5. The van der Waals surface area contributed by atoms with Gasteiger partial charge < -0.3 is 9.47 Å². The number of aryl methyl sites for hydroxylation is 1. The molecule has 1 aromatic rings. The fraction of sp³-hybridized carbons (Fsp3) is 0.556. The van der Waals surface area contributed by atoms with E-state index in [2.05, 4.69) is 4.98 Å². The maximum atomic E-state index is 11.5. The van der Waals surface area contributed by atoms with Crippen molar-refractivity contribution in [2.45, 2.75) is 52.1 Å². The van der Waals surface area contributed by atoms with Gasteiger partial charge in [-0.05, 0) is 38.2 Å². The molecule has 6 heteroatoms. The number of nitrogens with zero attached hydrogens (tertiary/aromatic N) is 1. The molecule has 1 heterocycles. The summed E-state index contributed by atoms with van der Waals surface area (Å²) in [6.07, 6.45) is 3.17. The van der Waals surface area contributed by atoms with Gasteiger partial charge in [0.25, 0.3) is 0 Å². The molecule has 0 aliphatic heterocycles. The Labute approximate surface area is 141 Å². The molecule has 1 aliphatic carbocycles. The summed E-state index contributed by atoms with van der Waals surface area (Å²) in [6.45, 7) is 3.07. The number of aromatic nitrogens is 1. The van der Waals surface area contributed by atoms with Crippen LogP contribution in [0.25, 0.3) is 0 Å². The van der Waals surface area contributed by atoms with Crippen molar-refractivity contribution >= 4 is 17.5 Å². The predicted molar refractivity (Wildman–Crippen MR) is 86.8 cm³/mol. The van der Waals surface area contributed by atoms with E-state index in [1.165, 1.54) is 14.0 Å². The van der Waals surface area contributed by atoms with Gasteiger partial charge in [-0.3, -0.25) is 14.4 Å². The summed E-state index contributed by atoms with van der Waals surface area (Å²) >= 11 is 0. The average molecular weight is 333 g/mol. The third-order valence-corrected chi connectivity index (χ3v) is 4.41. The Balaban J connectivity index is 1.92. The second-order valence-electron chi connectivity index (χ2n) is 6.16. The van der Waals surface area contributed by atoms with Crippen molar-refractivity contribution in [2.75, 3.05) is 7.11 Å². The van der Waals surface area contributed by atoms with Gasteiger partial charge in [-0.1, -0.05) is 6.07 Å². The molecular formula is C18H23NO5. The van der Waals surface area contributed by atoms with Crippen LogP contribution in [0.5, 0.6) is 5.88 Å². The lowest BCUT2D eigenvalue weighted by Gasteiger charge is -2.27.